The number of halogens is 1. The zero-order valence-corrected chi connectivity index (χ0v) is 21.4. The molecule has 1 atom stereocenters. The van der Waals surface area contributed by atoms with Gasteiger partial charge in [0.25, 0.3) is 0 Å². The first-order chi connectivity index (χ1) is 17.0. The van der Waals surface area contributed by atoms with Crippen LogP contribution in [0.25, 0.3) is 0 Å². The van der Waals surface area contributed by atoms with Gasteiger partial charge in [0.05, 0.1) is 30.5 Å². The lowest BCUT2D eigenvalue weighted by Crippen LogP contribution is -2.34. The molecule has 0 saturated carbocycles. The molecule has 2 heterocycles. The number of thioether (sulfide) groups is 1. The smallest absolute Gasteiger partial charge is 0.338 e. The van der Waals surface area contributed by atoms with Gasteiger partial charge in [-0.2, -0.15) is 0 Å². The van der Waals surface area contributed by atoms with E-state index in [0.29, 0.717) is 54.2 Å². The summed E-state index contributed by atoms with van der Waals surface area (Å²) in [6.45, 7) is 7.00. The van der Waals surface area contributed by atoms with Crippen molar-refractivity contribution in [2.75, 3.05) is 26.4 Å². The maximum absolute atomic E-state index is 12.9. The Morgan fingerprint density at radius 3 is 2.54 bits per heavy atom. The predicted molar refractivity (Wildman–Crippen MR) is 138 cm³/mol. The van der Waals surface area contributed by atoms with Crippen molar-refractivity contribution in [3.05, 3.63) is 75.9 Å². The summed E-state index contributed by atoms with van der Waals surface area (Å²) in [5, 5.41) is 3.43. The molecule has 0 amide bonds. The van der Waals surface area contributed by atoms with Crippen LogP contribution in [0.3, 0.4) is 0 Å². The molecule has 0 aromatic heterocycles. The molecule has 2 aromatic carbocycles. The third-order valence-corrected chi connectivity index (χ3v) is 6.35. The standard InChI is InChI=1S/C26H27ClN2O5S/c1-4-31-22-16-18(6-11-21(22)34-14-13-33-20-9-7-19(27)8-10-20)24-23(25(30)32-5-2)17(3)28-26-29(24)12-15-35-26/h6-12,15-16,24H,4-5,13-14H2,1-3H3/t24-/m1/s1. The van der Waals surface area contributed by atoms with Crippen molar-refractivity contribution in [1.82, 2.24) is 4.90 Å². The number of esters is 1. The van der Waals surface area contributed by atoms with E-state index in [2.05, 4.69) is 4.99 Å². The molecule has 35 heavy (non-hydrogen) atoms. The molecule has 4 rings (SSSR count). The summed E-state index contributed by atoms with van der Waals surface area (Å²) in [5.41, 5.74) is 2.03. The van der Waals surface area contributed by atoms with E-state index in [-0.39, 0.29) is 12.0 Å². The highest BCUT2D eigenvalue weighted by atomic mass is 35.5. The topological polar surface area (TPSA) is 69.6 Å². The summed E-state index contributed by atoms with van der Waals surface area (Å²) >= 11 is 7.43. The first kappa shape index (κ1) is 25.0. The molecule has 0 spiro atoms. The number of carbonyl (C=O) groups excluding carboxylic acids is 1. The minimum absolute atomic E-state index is 0.290. The molecule has 2 aliphatic rings. The van der Waals surface area contributed by atoms with E-state index in [9.17, 15) is 4.79 Å². The molecule has 0 unspecified atom stereocenters. The monoisotopic (exact) mass is 514 g/mol. The maximum Gasteiger partial charge on any atom is 0.338 e. The van der Waals surface area contributed by atoms with Crippen LogP contribution in [-0.4, -0.2) is 42.5 Å². The SMILES string of the molecule is CCOC(=O)C1=C(C)N=C2SC=CN2[C@@H]1c1ccc(OCCOc2ccc(Cl)cc2)c(OCC)c1. The van der Waals surface area contributed by atoms with Crippen molar-refractivity contribution < 1.29 is 23.7 Å². The number of nitrogens with zero attached hydrogens (tertiary/aromatic N) is 2. The summed E-state index contributed by atoms with van der Waals surface area (Å²) in [4.78, 5) is 19.5. The lowest BCUT2D eigenvalue weighted by molar-refractivity contribution is -0.139. The number of hydrogen-bond donors (Lipinski definition) is 0. The Labute approximate surface area is 214 Å². The second-order valence-corrected chi connectivity index (χ2v) is 8.93. The molecule has 9 heteroatoms. The molecular formula is C26H27ClN2O5S. The third-order valence-electron chi connectivity index (χ3n) is 5.32. The van der Waals surface area contributed by atoms with Crippen molar-refractivity contribution >= 4 is 34.5 Å². The molecule has 0 N–H and O–H groups in total. The lowest BCUT2D eigenvalue weighted by atomic mass is 9.94. The van der Waals surface area contributed by atoms with Gasteiger partial charge in [-0.1, -0.05) is 29.4 Å². The average Bonchev–Trinajstić information content (AvgIpc) is 3.31. The van der Waals surface area contributed by atoms with Gasteiger partial charge < -0.3 is 23.8 Å². The van der Waals surface area contributed by atoms with E-state index in [1.807, 2.05) is 60.7 Å². The number of benzene rings is 2. The third kappa shape index (κ3) is 5.77. The van der Waals surface area contributed by atoms with Gasteiger partial charge >= 0.3 is 5.97 Å². The Morgan fingerprint density at radius 1 is 1.03 bits per heavy atom. The van der Waals surface area contributed by atoms with E-state index in [1.54, 1.807) is 19.1 Å². The Balaban J connectivity index is 1.54. The van der Waals surface area contributed by atoms with Gasteiger partial charge in [0.15, 0.2) is 16.7 Å². The van der Waals surface area contributed by atoms with E-state index in [0.717, 1.165) is 16.5 Å². The number of ether oxygens (including phenoxy) is 4. The van der Waals surface area contributed by atoms with E-state index < -0.39 is 0 Å². The van der Waals surface area contributed by atoms with Gasteiger partial charge in [-0.05, 0) is 68.1 Å². The molecule has 0 bridgehead atoms. The van der Waals surface area contributed by atoms with Crippen LogP contribution in [0, 0.1) is 0 Å². The first-order valence-electron chi connectivity index (χ1n) is 11.4. The van der Waals surface area contributed by atoms with Crippen LogP contribution in [0.1, 0.15) is 32.4 Å². The number of hydrogen-bond acceptors (Lipinski definition) is 8. The molecule has 0 fully saturated rings. The Kier molecular flexibility index (Phi) is 8.25. The Hall–Kier alpha value is -3.10. The van der Waals surface area contributed by atoms with Gasteiger partial charge in [-0.25, -0.2) is 9.79 Å². The second-order valence-electron chi connectivity index (χ2n) is 7.62. The highest BCUT2D eigenvalue weighted by molar-refractivity contribution is 8.16. The average molecular weight is 515 g/mol. The normalized spacial score (nSPS) is 16.6. The van der Waals surface area contributed by atoms with Gasteiger partial charge in [-0.3, -0.25) is 0 Å². The van der Waals surface area contributed by atoms with Crippen LogP contribution in [0.5, 0.6) is 17.2 Å². The van der Waals surface area contributed by atoms with Gasteiger partial charge in [0.1, 0.15) is 19.0 Å². The maximum atomic E-state index is 12.9. The zero-order chi connectivity index (χ0) is 24.8. The Morgan fingerprint density at radius 2 is 1.80 bits per heavy atom. The molecule has 184 valence electrons. The summed E-state index contributed by atoms with van der Waals surface area (Å²) in [5.74, 6) is 1.54. The fourth-order valence-electron chi connectivity index (χ4n) is 3.82. The number of aliphatic imine (C=N–C) groups is 1. The lowest BCUT2D eigenvalue weighted by Gasteiger charge is -2.33. The fraction of sp³-hybridized carbons (Fsp3) is 0.308. The highest BCUT2D eigenvalue weighted by Gasteiger charge is 2.37. The van der Waals surface area contributed by atoms with E-state index in [4.69, 9.17) is 30.5 Å². The van der Waals surface area contributed by atoms with E-state index in [1.165, 1.54) is 11.8 Å². The summed E-state index contributed by atoms with van der Waals surface area (Å²) in [7, 11) is 0. The van der Waals surface area contributed by atoms with Crippen molar-refractivity contribution in [3.63, 3.8) is 0 Å². The summed E-state index contributed by atoms with van der Waals surface area (Å²) < 4.78 is 22.9. The number of rotatable bonds is 10. The Bertz CT molecular complexity index is 1160. The van der Waals surface area contributed by atoms with Crippen molar-refractivity contribution in [2.45, 2.75) is 26.8 Å². The number of carbonyl (C=O) groups is 1. The largest absolute Gasteiger partial charge is 0.490 e. The van der Waals surface area contributed by atoms with E-state index >= 15 is 0 Å². The number of allylic oxidation sites excluding steroid dienone is 1. The minimum Gasteiger partial charge on any atom is -0.490 e. The molecule has 0 radical (unpaired) electrons. The molecule has 7 nitrogen and oxygen atoms in total. The highest BCUT2D eigenvalue weighted by Crippen LogP contribution is 2.43. The summed E-state index contributed by atoms with van der Waals surface area (Å²) in [6.07, 6.45) is 1.93. The fourth-order valence-corrected chi connectivity index (χ4v) is 4.74. The molecule has 0 aliphatic carbocycles. The molecule has 0 saturated heterocycles. The quantitative estimate of drug-likeness (QED) is 0.286. The number of amidine groups is 1. The van der Waals surface area contributed by atoms with Crippen LogP contribution in [0.15, 0.2) is 70.3 Å². The van der Waals surface area contributed by atoms with Gasteiger partial charge in [-0.15, -0.1) is 0 Å². The molecule has 2 aliphatic heterocycles. The second kappa shape index (κ2) is 11.6. The van der Waals surface area contributed by atoms with Crippen LogP contribution < -0.4 is 14.2 Å². The van der Waals surface area contributed by atoms with Crippen molar-refractivity contribution in [2.24, 2.45) is 4.99 Å². The van der Waals surface area contributed by atoms with Crippen LogP contribution >= 0.6 is 23.4 Å². The van der Waals surface area contributed by atoms with Crippen LogP contribution in [0.4, 0.5) is 0 Å². The molecular weight excluding hydrogens is 488 g/mol. The number of fused-ring (bicyclic) bond motifs is 1. The molecule has 2 aromatic rings. The van der Waals surface area contributed by atoms with Gasteiger partial charge in [0, 0.05) is 11.2 Å². The van der Waals surface area contributed by atoms with Crippen molar-refractivity contribution in [1.29, 1.82) is 0 Å². The van der Waals surface area contributed by atoms with Crippen molar-refractivity contribution in [3.8, 4) is 17.2 Å². The van der Waals surface area contributed by atoms with Crippen LogP contribution in [-0.2, 0) is 9.53 Å². The first-order valence-corrected chi connectivity index (χ1v) is 12.6. The predicted octanol–water partition coefficient (Wildman–Crippen LogP) is 5.96. The van der Waals surface area contributed by atoms with Gasteiger partial charge in [0.2, 0.25) is 0 Å². The zero-order valence-electron chi connectivity index (χ0n) is 19.8. The van der Waals surface area contributed by atoms with Crippen LogP contribution in [0.2, 0.25) is 5.02 Å². The minimum atomic E-state index is -0.380. The summed E-state index contributed by atoms with van der Waals surface area (Å²) in [6, 6.07) is 12.5.